The summed E-state index contributed by atoms with van der Waals surface area (Å²) in [5.74, 6) is -0.326. The number of rotatable bonds is 4. The second kappa shape index (κ2) is 8.58. The fourth-order valence-electron chi connectivity index (χ4n) is 3.47. The second-order valence-corrected chi connectivity index (χ2v) is 7.59. The van der Waals surface area contributed by atoms with Crippen molar-refractivity contribution in [2.24, 2.45) is 0 Å². The van der Waals surface area contributed by atoms with E-state index in [1.807, 2.05) is 19.9 Å². The van der Waals surface area contributed by atoms with Gasteiger partial charge >= 0.3 is 6.18 Å². The molecule has 0 saturated heterocycles. The lowest BCUT2D eigenvalue weighted by Crippen LogP contribution is -2.37. The minimum absolute atomic E-state index is 0.289. The molecule has 11 heteroatoms. The molecule has 0 atom stereocenters. The first-order chi connectivity index (χ1) is 16.1. The maximum absolute atomic E-state index is 13.0. The van der Waals surface area contributed by atoms with Crippen LogP contribution in [0.15, 0.2) is 48.8 Å². The minimum atomic E-state index is -4.88. The molecule has 0 saturated carbocycles. The third-order valence-electron chi connectivity index (χ3n) is 5.24. The Morgan fingerprint density at radius 1 is 1.06 bits per heavy atom. The normalized spacial score (nSPS) is 11.5. The zero-order chi connectivity index (χ0) is 24.6. The van der Waals surface area contributed by atoms with Crippen LogP contribution in [-0.2, 0) is 6.18 Å². The number of amides is 1. The van der Waals surface area contributed by atoms with Crippen LogP contribution >= 0.6 is 0 Å². The molecule has 0 aliphatic heterocycles. The van der Waals surface area contributed by atoms with Crippen LogP contribution in [0.2, 0.25) is 0 Å². The third kappa shape index (κ3) is 4.45. The molecule has 0 spiro atoms. The van der Waals surface area contributed by atoms with Crippen LogP contribution in [0.25, 0.3) is 22.2 Å². The van der Waals surface area contributed by atoms with E-state index in [0.29, 0.717) is 35.2 Å². The van der Waals surface area contributed by atoms with E-state index in [4.69, 9.17) is 0 Å². The molecule has 1 aromatic carbocycles. The Balaban J connectivity index is 1.68. The Labute approximate surface area is 192 Å². The minimum Gasteiger partial charge on any atom is -0.618 e. The van der Waals surface area contributed by atoms with E-state index in [1.165, 1.54) is 0 Å². The fraction of sp³-hybridized carbons (Fsp3) is 0.174. The molecule has 0 aliphatic rings. The van der Waals surface area contributed by atoms with Gasteiger partial charge in [-0.25, -0.2) is 9.97 Å². The predicted octanol–water partition coefficient (Wildman–Crippen LogP) is 4.25. The Bertz CT molecular complexity index is 1420. The molecule has 4 rings (SSSR count). The number of fused-ring (bicyclic) bond motifs is 1. The van der Waals surface area contributed by atoms with Gasteiger partial charge in [-0.15, -0.1) is 0 Å². The van der Waals surface area contributed by atoms with E-state index >= 15 is 0 Å². The lowest BCUT2D eigenvalue weighted by molar-refractivity contribution is -0.629. The number of anilines is 2. The van der Waals surface area contributed by atoms with Crippen molar-refractivity contribution in [3.05, 3.63) is 76.5 Å². The zero-order valence-corrected chi connectivity index (χ0v) is 18.4. The third-order valence-corrected chi connectivity index (χ3v) is 5.24. The first-order valence-electron chi connectivity index (χ1n) is 10.1. The smallest absolute Gasteiger partial charge is 0.478 e. The number of hydrogen-bond donors (Lipinski definition) is 2. The van der Waals surface area contributed by atoms with Gasteiger partial charge in [-0.1, -0.05) is 6.07 Å². The number of pyridine rings is 2. The van der Waals surface area contributed by atoms with Gasteiger partial charge in [-0.3, -0.25) is 4.79 Å². The number of benzene rings is 1. The van der Waals surface area contributed by atoms with E-state index in [2.05, 4.69) is 25.6 Å². The van der Waals surface area contributed by atoms with Crippen molar-refractivity contribution >= 4 is 28.6 Å². The van der Waals surface area contributed by atoms with Crippen LogP contribution in [0.3, 0.4) is 0 Å². The number of nitrogens with zero attached hydrogens (tertiary/aromatic N) is 4. The molecule has 3 aromatic heterocycles. The van der Waals surface area contributed by atoms with Crippen LogP contribution in [0.1, 0.15) is 27.3 Å². The van der Waals surface area contributed by atoms with Gasteiger partial charge in [0.1, 0.15) is 0 Å². The quantitative estimate of drug-likeness (QED) is 0.343. The summed E-state index contributed by atoms with van der Waals surface area (Å²) in [6.07, 6.45) is -2.57. The molecular formula is C23H19F3N6O2. The van der Waals surface area contributed by atoms with Gasteiger partial charge in [-0.05, 0) is 43.2 Å². The molecule has 0 radical (unpaired) electrons. The standard InChI is InChI=1S/C23H19F3N6O2/c1-12-4-5-16(30-21(33)14-6-7-32(34)19(9-14)23(24,25)26)10-17(12)18-8-15-11-28-22(27-3)31-20(15)29-13(18)2/h4-11H,1-3H3,(H,30,33)(H,27,28,29,31). The predicted molar refractivity (Wildman–Crippen MR) is 120 cm³/mol. The van der Waals surface area contributed by atoms with Gasteiger partial charge in [-0.2, -0.15) is 22.9 Å². The van der Waals surface area contributed by atoms with Gasteiger partial charge in [0.25, 0.3) is 11.6 Å². The highest BCUT2D eigenvalue weighted by atomic mass is 19.4. The van der Waals surface area contributed by atoms with Crippen molar-refractivity contribution in [2.45, 2.75) is 20.0 Å². The molecule has 0 fully saturated rings. The summed E-state index contributed by atoms with van der Waals surface area (Å²) < 4.78 is 38.8. The van der Waals surface area contributed by atoms with E-state index in [-0.39, 0.29) is 10.3 Å². The molecule has 0 unspecified atom stereocenters. The molecular weight excluding hydrogens is 449 g/mol. The lowest BCUT2D eigenvalue weighted by Gasteiger charge is -2.14. The maximum atomic E-state index is 13.0. The van der Waals surface area contributed by atoms with Gasteiger partial charge in [0.2, 0.25) is 5.95 Å². The van der Waals surface area contributed by atoms with Crippen LogP contribution in [0, 0.1) is 19.1 Å². The fourth-order valence-corrected chi connectivity index (χ4v) is 3.47. The van der Waals surface area contributed by atoms with E-state index in [1.54, 1.807) is 31.4 Å². The summed E-state index contributed by atoms with van der Waals surface area (Å²) in [5, 5.41) is 17.6. The van der Waals surface area contributed by atoms with E-state index in [9.17, 15) is 23.2 Å². The van der Waals surface area contributed by atoms with Gasteiger partial charge in [0.05, 0.1) is 5.56 Å². The number of nitrogens with one attached hydrogen (secondary N) is 2. The monoisotopic (exact) mass is 468 g/mol. The molecule has 0 aliphatic carbocycles. The van der Waals surface area contributed by atoms with Crippen molar-refractivity contribution in [2.75, 3.05) is 17.7 Å². The van der Waals surface area contributed by atoms with E-state index in [0.717, 1.165) is 28.1 Å². The van der Waals surface area contributed by atoms with Crippen LogP contribution in [0.5, 0.6) is 0 Å². The lowest BCUT2D eigenvalue weighted by atomic mass is 9.98. The number of aromatic nitrogens is 4. The summed E-state index contributed by atoms with van der Waals surface area (Å²) in [7, 11) is 1.71. The SMILES string of the molecule is CNc1ncc2cc(-c3cc(NC(=O)c4cc[n+]([O-])c(C(F)(F)F)c4)ccc3C)c(C)nc2n1. The highest BCUT2D eigenvalue weighted by Gasteiger charge is 2.40. The zero-order valence-electron chi connectivity index (χ0n) is 18.4. The molecule has 34 heavy (non-hydrogen) atoms. The maximum Gasteiger partial charge on any atom is 0.478 e. The number of carbonyl (C=O) groups is 1. The van der Waals surface area contributed by atoms with Crippen molar-refractivity contribution in [1.82, 2.24) is 15.0 Å². The largest absolute Gasteiger partial charge is 0.618 e. The van der Waals surface area contributed by atoms with Crippen LogP contribution < -0.4 is 15.4 Å². The molecule has 4 aromatic rings. The number of carbonyl (C=O) groups excluding carboxylic acids is 1. The Morgan fingerprint density at radius 2 is 1.82 bits per heavy atom. The number of hydrogen-bond acceptors (Lipinski definition) is 6. The summed E-state index contributed by atoms with van der Waals surface area (Å²) >= 11 is 0. The van der Waals surface area contributed by atoms with Gasteiger partial charge < -0.3 is 15.8 Å². The molecule has 8 nitrogen and oxygen atoms in total. The molecule has 1 amide bonds. The second-order valence-electron chi connectivity index (χ2n) is 7.59. The Kier molecular flexibility index (Phi) is 5.78. The van der Waals surface area contributed by atoms with Gasteiger partial charge in [0.15, 0.2) is 11.8 Å². The Hall–Kier alpha value is -4.28. The molecule has 174 valence electrons. The average molecular weight is 468 g/mol. The molecule has 3 heterocycles. The highest BCUT2D eigenvalue weighted by molar-refractivity contribution is 6.04. The van der Waals surface area contributed by atoms with Crippen molar-refractivity contribution < 1.29 is 22.7 Å². The van der Waals surface area contributed by atoms with E-state index < -0.39 is 17.8 Å². The highest BCUT2D eigenvalue weighted by Crippen LogP contribution is 2.31. The number of halogens is 3. The topological polar surface area (TPSA) is 107 Å². The van der Waals surface area contributed by atoms with Gasteiger partial charge in [0, 0.05) is 47.7 Å². The summed E-state index contributed by atoms with van der Waals surface area (Å²) in [6, 6.07) is 8.59. The number of aryl methyl sites for hydroxylation is 2. The molecule has 0 bridgehead atoms. The number of alkyl halides is 3. The Morgan fingerprint density at radius 3 is 2.53 bits per heavy atom. The summed E-state index contributed by atoms with van der Waals surface area (Å²) in [5.41, 5.74) is 2.34. The van der Waals surface area contributed by atoms with Crippen molar-refractivity contribution in [3.8, 4) is 11.1 Å². The summed E-state index contributed by atoms with van der Waals surface area (Å²) in [4.78, 5) is 25.7. The molecule has 2 N–H and O–H groups in total. The van der Waals surface area contributed by atoms with Crippen molar-refractivity contribution in [1.29, 1.82) is 0 Å². The van der Waals surface area contributed by atoms with Crippen LogP contribution in [-0.4, -0.2) is 27.9 Å². The van der Waals surface area contributed by atoms with Crippen molar-refractivity contribution in [3.63, 3.8) is 0 Å². The average Bonchev–Trinajstić information content (AvgIpc) is 2.79. The summed E-state index contributed by atoms with van der Waals surface area (Å²) in [6.45, 7) is 3.73. The first kappa shape index (κ1) is 22.9. The first-order valence-corrected chi connectivity index (χ1v) is 10.1. The van der Waals surface area contributed by atoms with Crippen LogP contribution in [0.4, 0.5) is 24.8 Å².